The van der Waals surface area contributed by atoms with Gasteiger partial charge in [-0.2, -0.15) is 0 Å². The number of hydrogen-bond donors (Lipinski definition) is 2. The summed E-state index contributed by atoms with van der Waals surface area (Å²) in [5, 5.41) is 7.40. The summed E-state index contributed by atoms with van der Waals surface area (Å²) in [6, 6.07) is 24.3. The average molecular weight is 460 g/mol. The van der Waals surface area contributed by atoms with Crippen LogP contribution >= 0.6 is 0 Å². The number of anilines is 1. The topological polar surface area (TPSA) is 88.6 Å². The fourth-order valence-electron chi connectivity index (χ4n) is 3.56. The Bertz CT molecular complexity index is 1050. The number of rotatable bonds is 12. The smallest absolute Gasteiger partial charge is 0.258 e. The minimum atomic E-state index is -0.0244. The Kier molecular flexibility index (Phi) is 9.09. The van der Waals surface area contributed by atoms with Crippen molar-refractivity contribution in [3.05, 3.63) is 90.0 Å². The van der Waals surface area contributed by atoms with Gasteiger partial charge in [-0.15, -0.1) is 0 Å². The number of amides is 1. The number of benzene rings is 3. The largest absolute Gasteiger partial charge is 0.494 e. The van der Waals surface area contributed by atoms with Gasteiger partial charge in [-0.25, -0.2) is 0 Å². The molecule has 3 rings (SSSR count). The highest BCUT2D eigenvalue weighted by Gasteiger charge is 2.20. The summed E-state index contributed by atoms with van der Waals surface area (Å²) in [5.74, 6) is 1.56. The molecule has 0 aliphatic heterocycles. The van der Waals surface area contributed by atoms with Crippen LogP contribution in [0, 0.1) is 5.41 Å². The summed E-state index contributed by atoms with van der Waals surface area (Å²) in [6.07, 6.45) is 2.83. The third-order valence-electron chi connectivity index (χ3n) is 5.36. The predicted octanol–water partition coefficient (Wildman–Crippen LogP) is 5.65. The van der Waals surface area contributed by atoms with E-state index in [9.17, 15) is 4.79 Å². The monoisotopic (exact) mass is 459 g/mol. The number of unbranched alkanes of at least 4 members (excludes halogenated alkanes) is 2. The molecule has 6 heteroatoms. The molecule has 3 aromatic carbocycles. The number of nitrogens with two attached hydrogens (primary N) is 1. The predicted molar refractivity (Wildman–Crippen MR) is 137 cm³/mol. The summed E-state index contributed by atoms with van der Waals surface area (Å²) in [6.45, 7) is 5.27. The number of carbonyl (C=O) groups is 1. The molecule has 3 aromatic rings. The van der Waals surface area contributed by atoms with Crippen LogP contribution in [0.2, 0.25) is 0 Å². The first kappa shape index (κ1) is 24.8. The molecule has 0 saturated heterocycles. The Morgan fingerprint density at radius 3 is 1.76 bits per heavy atom. The minimum absolute atomic E-state index is 0.0244. The normalized spacial score (nSPS) is 10.7. The van der Waals surface area contributed by atoms with E-state index in [4.69, 9.17) is 20.6 Å². The lowest BCUT2D eigenvalue weighted by Gasteiger charge is -2.27. The van der Waals surface area contributed by atoms with Crippen molar-refractivity contribution in [2.75, 3.05) is 18.1 Å². The van der Waals surface area contributed by atoms with E-state index in [-0.39, 0.29) is 17.8 Å². The van der Waals surface area contributed by atoms with Gasteiger partial charge in [0, 0.05) is 22.9 Å². The first-order valence-electron chi connectivity index (χ1n) is 11.6. The van der Waals surface area contributed by atoms with E-state index in [1.54, 1.807) is 17.0 Å². The van der Waals surface area contributed by atoms with Gasteiger partial charge in [0.2, 0.25) is 0 Å². The zero-order valence-corrected chi connectivity index (χ0v) is 19.9. The van der Waals surface area contributed by atoms with E-state index in [1.165, 1.54) is 0 Å². The van der Waals surface area contributed by atoms with Gasteiger partial charge in [-0.3, -0.25) is 10.2 Å². The van der Waals surface area contributed by atoms with Crippen LogP contribution in [0.1, 0.15) is 49.0 Å². The van der Waals surface area contributed by atoms with Crippen molar-refractivity contribution in [1.29, 1.82) is 5.41 Å². The first-order valence-corrected chi connectivity index (χ1v) is 11.6. The number of nitrogens with one attached hydrogen (secondary N) is 1. The van der Waals surface area contributed by atoms with Gasteiger partial charge in [0.15, 0.2) is 0 Å². The molecule has 0 radical (unpaired) electrons. The van der Waals surface area contributed by atoms with Crippen LogP contribution < -0.4 is 20.1 Å². The lowest BCUT2D eigenvalue weighted by Crippen LogP contribution is -2.36. The van der Waals surface area contributed by atoms with Crippen molar-refractivity contribution in [1.82, 2.24) is 0 Å². The highest BCUT2D eigenvalue weighted by atomic mass is 16.5. The second-order valence-electron chi connectivity index (χ2n) is 8.32. The van der Waals surface area contributed by atoms with Crippen molar-refractivity contribution < 1.29 is 14.3 Å². The molecule has 6 nitrogen and oxygen atoms in total. The van der Waals surface area contributed by atoms with Crippen LogP contribution in [0.3, 0.4) is 0 Å². The third-order valence-corrected chi connectivity index (χ3v) is 5.36. The molecule has 1 amide bonds. The molecule has 0 spiro atoms. The molecule has 0 bridgehead atoms. The number of hydrogen-bond acceptors (Lipinski definition) is 4. The van der Waals surface area contributed by atoms with Gasteiger partial charge < -0.3 is 20.1 Å². The zero-order valence-electron chi connectivity index (χ0n) is 19.9. The molecular formula is C28H33N3O3. The lowest BCUT2D eigenvalue weighted by molar-refractivity contribution is 0.0980. The second-order valence-corrected chi connectivity index (χ2v) is 8.32. The van der Waals surface area contributed by atoms with Crippen LogP contribution in [-0.4, -0.2) is 31.0 Å². The van der Waals surface area contributed by atoms with Gasteiger partial charge in [0.1, 0.15) is 17.3 Å². The van der Waals surface area contributed by atoms with Crippen molar-refractivity contribution in [3.63, 3.8) is 0 Å². The quantitative estimate of drug-likeness (QED) is 0.208. The SMILES string of the molecule is CC(C)N(C(=O)c1ccc(OCCCCCOc2ccc(C(=N)N)cc2)cc1)c1ccccc1. The van der Waals surface area contributed by atoms with Crippen LogP contribution in [0.25, 0.3) is 0 Å². The summed E-state index contributed by atoms with van der Waals surface area (Å²) in [4.78, 5) is 14.9. The van der Waals surface area contributed by atoms with Crippen molar-refractivity contribution in [2.45, 2.75) is 39.2 Å². The molecule has 0 aliphatic carbocycles. The Morgan fingerprint density at radius 2 is 1.29 bits per heavy atom. The average Bonchev–Trinajstić information content (AvgIpc) is 2.84. The molecule has 0 fully saturated rings. The standard InChI is InChI=1S/C28H33N3O3/c1-21(2)31(24-9-5-3-6-10-24)28(32)23-13-17-26(18-14-23)34-20-8-4-7-19-33-25-15-11-22(12-16-25)27(29)30/h3,5-6,9-18,21H,4,7-8,19-20H2,1-2H3,(H3,29,30). The Labute approximate surface area is 201 Å². The van der Waals surface area contributed by atoms with E-state index in [0.717, 1.165) is 36.4 Å². The molecule has 0 aliphatic rings. The van der Waals surface area contributed by atoms with E-state index in [1.807, 2.05) is 80.6 Å². The zero-order chi connectivity index (χ0) is 24.3. The molecule has 3 N–H and O–H groups in total. The second kappa shape index (κ2) is 12.4. The van der Waals surface area contributed by atoms with E-state index >= 15 is 0 Å². The minimum Gasteiger partial charge on any atom is -0.494 e. The van der Waals surface area contributed by atoms with Crippen LogP contribution in [0.5, 0.6) is 11.5 Å². The first-order chi connectivity index (χ1) is 16.5. The maximum atomic E-state index is 13.1. The van der Waals surface area contributed by atoms with E-state index in [2.05, 4.69) is 0 Å². The Morgan fingerprint density at radius 1 is 0.794 bits per heavy atom. The van der Waals surface area contributed by atoms with Gasteiger partial charge in [0.25, 0.3) is 5.91 Å². The number of nitrogens with zero attached hydrogens (tertiary/aromatic N) is 1. The summed E-state index contributed by atoms with van der Waals surface area (Å²) >= 11 is 0. The molecule has 34 heavy (non-hydrogen) atoms. The number of ether oxygens (including phenoxy) is 2. The van der Waals surface area contributed by atoms with Crippen LogP contribution in [0.15, 0.2) is 78.9 Å². The fourth-order valence-corrected chi connectivity index (χ4v) is 3.56. The van der Waals surface area contributed by atoms with Crippen molar-refractivity contribution in [3.8, 4) is 11.5 Å². The van der Waals surface area contributed by atoms with Crippen molar-refractivity contribution >= 4 is 17.4 Å². The summed E-state index contributed by atoms with van der Waals surface area (Å²) in [7, 11) is 0. The number of nitrogen functional groups attached to an aromatic ring is 1. The van der Waals surface area contributed by atoms with Crippen LogP contribution in [-0.2, 0) is 0 Å². The fraction of sp³-hybridized carbons (Fsp3) is 0.286. The lowest BCUT2D eigenvalue weighted by atomic mass is 10.1. The molecule has 0 atom stereocenters. The molecule has 0 aromatic heterocycles. The van der Waals surface area contributed by atoms with Gasteiger partial charge >= 0.3 is 0 Å². The van der Waals surface area contributed by atoms with Gasteiger partial charge in [-0.05, 0) is 93.8 Å². The highest BCUT2D eigenvalue weighted by molar-refractivity contribution is 6.06. The van der Waals surface area contributed by atoms with Gasteiger partial charge in [-0.1, -0.05) is 18.2 Å². The molecule has 0 unspecified atom stereocenters. The molecule has 0 saturated carbocycles. The molecule has 0 heterocycles. The maximum Gasteiger partial charge on any atom is 0.258 e. The highest BCUT2D eigenvalue weighted by Crippen LogP contribution is 2.21. The Hall–Kier alpha value is -3.80. The number of amidine groups is 1. The molecular weight excluding hydrogens is 426 g/mol. The summed E-state index contributed by atoms with van der Waals surface area (Å²) < 4.78 is 11.6. The molecule has 178 valence electrons. The number of carbonyl (C=O) groups excluding carboxylic acids is 1. The number of para-hydroxylation sites is 1. The van der Waals surface area contributed by atoms with Crippen LogP contribution in [0.4, 0.5) is 5.69 Å². The van der Waals surface area contributed by atoms with E-state index < -0.39 is 0 Å². The maximum absolute atomic E-state index is 13.1. The third kappa shape index (κ3) is 7.10. The van der Waals surface area contributed by atoms with E-state index in [0.29, 0.717) is 24.3 Å². The van der Waals surface area contributed by atoms with Crippen molar-refractivity contribution in [2.24, 2.45) is 5.73 Å². The Balaban J connectivity index is 1.38. The summed E-state index contributed by atoms with van der Waals surface area (Å²) in [5.41, 5.74) is 7.67. The van der Waals surface area contributed by atoms with Gasteiger partial charge in [0.05, 0.1) is 13.2 Å².